The van der Waals surface area contributed by atoms with Crippen LogP contribution < -0.4 is 0 Å². The third-order valence-electron chi connectivity index (χ3n) is 3.02. The predicted molar refractivity (Wildman–Crippen MR) is 86.5 cm³/mol. The molecule has 0 aliphatic carbocycles. The van der Waals surface area contributed by atoms with Crippen molar-refractivity contribution in [1.29, 1.82) is 0 Å². The van der Waals surface area contributed by atoms with Gasteiger partial charge in [-0.25, -0.2) is 0 Å². The highest BCUT2D eigenvalue weighted by molar-refractivity contribution is 8.00. The number of benzene rings is 1. The van der Waals surface area contributed by atoms with E-state index in [1.165, 1.54) is 21.6 Å². The Morgan fingerprint density at radius 2 is 1.61 bits per heavy atom. The summed E-state index contributed by atoms with van der Waals surface area (Å²) >= 11 is 1.94. The number of thioether (sulfide) groups is 1. The molecule has 0 saturated carbocycles. The van der Waals surface area contributed by atoms with Crippen LogP contribution in [0.2, 0.25) is 0 Å². The number of allylic oxidation sites excluding steroid dienone is 1. The molecule has 18 heavy (non-hydrogen) atoms. The topological polar surface area (TPSA) is 0 Å². The lowest BCUT2D eigenvalue weighted by Gasteiger charge is -2.27. The fraction of sp³-hybridized carbons (Fsp3) is 0.529. The van der Waals surface area contributed by atoms with Gasteiger partial charge in [0.15, 0.2) is 0 Å². The van der Waals surface area contributed by atoms with E-state index in [0.29, 0.717) is 0 Å². The van der Waals surface area contributed by atoms with Gasteiger partial charge in [0, 0.05) is 9.64 Å². The van der Waals surface area contributed by atoms with Gasteiger partial charge in [0.1, 0.15) is 0 Å². The Hall–Kier alpha value is -0.690. The van der Waals surface area contributed by atoms with E-state index >= 15 is 0 Å². The molecule has 0 heterocycles. The van der Waals surface area contributed by atoms with Gasteiger partial charge in [-0.1, -0.05) is 42.7 Å². The molecule has 0 bridgehead atoms. The van der Waals surface area contributed by atoms with Crippen molar-refractivity contribution < 1.29 is 0 Å². The van der Waals surface area contributed by atoms with Gasteiger partial charge >= 0.3 is 0 Å². The minimum Gasteiger partial charge on any atom is -0.115 e. The molecule has 0 aliphatic heterocycles. The average molecular weight is 264 g/mol. The zero-order valence-electron chi connectivity index (χ0n) is 13.2. The quantitative estimate of drug-likeness (QED) is 0.459. The molecule has 0 spiro atoms. The van der Waals surface area contributed by atoms with Crippen LogP contribution >= 0.6 is 11.8 Å². The van der Waals surface area contributed by atoms with Gasteiger partial charge in [-0.2, -0.15) is 0 Å². The second kappa shape index (κ2) is 7.68. The van der Waals surface area contributed by atoms with E-state index in [2.05, 4.69) is 65.8 Å². The SMILES string of the molecule is CC.CC(C)=C(C)C(C)(C)Sc1cccc(C)c1. The molecule has 1 aromatic carbocycles. The summed E-state index contributed by atoms with van der Waals surface area (Å²) in [4.78, 5) is 1.35. The summed E-state index contributed by atoms with van der Waals surface area (Å²) < 4.78 is 0.173. The van der Waals surface area contributed by atoms with Crippen LogP contribution in [0.1, 0.15) is 54.0 Å². The maximum Gasteiger partial charge on any atom is 0.0358 e. The van der Waals surface area contributed by atoms with E-state index in [9.17, 15) is 0 Å². The first-order valence-corrected chi connectivity index (χ1v) is 7.55. The zero-order chi connectivity index (χ0) is 14.3. The van der Waals surface area contributed by atoms with Crippen molar-refractivity contribution in [2.24, 2.45) is 0 Å². The fourth-order valence-corrected chi connectivity index (χ4v) is 2.99. The molecule has 0 amide bonds. The molecule has 0 saturated heterocycles. The standard InChI is InChI=1S/C15H22S.C2H6/c1-11(2)13(4)15(5,6)16-14-9-7-8-12(3)10-14;1-2/h7-10H,1-6H3;1-2H3. The van der Waals surface area contributed by atoms with Crippen LogP contribution in [0.25, 0.3) is 0 Å². The molecule has 0 atom stereocenters. The summed E-state index contributed by atoms with van der Waals surface area (Å²) in [5.41, 5.74) is 4.22. The zero-order valence-corrected chi connectivity index (χ0v) is 14.0. The van der Waals surface area contributed by atoms with Gasteiger partial charge in [0.05, 0.1) is 0 Å². The molecule has 0 radical (unpaired) electrons. The number of hydrogen-bond donors (Lipinski definition) is 0. The van der Waals surface area contributed by atoms with Crippen molar-refractivity contribution in [2.75, 3.05) is 0 Å². The van der Waals surface area contributed by atoms with Gasteiger partial charge in [-0.15, -0.1) is 11.8 Å². The van der Waals surface area contributed by atoms with Gasteiger partial charge in [-0.05, 0) is 53.7 Å². The van der Waals surface area contributed by atoms with E-state index in [1.54, 1.807) is 0 Å². The van der Waals surface area contributed by atoms with Gasteiger partial charge in [-0.3, -0.25) is 0 Å². The van der Waals surface area contributed by atoms with Gasteiger partial charge in [0.2, 0.25) is 0 Å². The first kappa shape index (κ1) is 17.3. The Morgan fingerprint density at radius 3 is 2.06 bits per heavy atom. The normalized spacial score (nSPS) is 10.4. The first-order chi connectivity index (χ1) is 8.33. The van der Waals surface area contributed by atoms with Crippen LogP contribution in [-0.4, -0.2) is 4.75 Å². The Kier molecular flexibility index (Phi) is 7.39. The molecule has 0 fully saturated rings. The summed E-state index contributed by atoms with van der Waals surface area (Å²) in [6.07, 6.45) is 0. The molecule has 1 aromatic rings. The van der Waals surface area contributed by atoms with Crippen molar-refractivity contribution in [3.05, 3.63) is 41.0 Å². The number of rotatable bonds is 3. The van der Waals surface area contributed by atoms with E-state index in [0.717, 1.165) is 0 Å². The number of aryl methyl sites for hydroxylation is 1. The molecule has 0 nitrogen and oxygen atoms in total. The van der Waals surface area contributed by atoms with Crippen LogP contribution in [0.3, 0.4) is 0 Å². The average Bonchev–Trinajstić information content (AvgIpc) is 2.30. The third kappa shape index (κ3) is 5.30. The first-order valence-electron chi connectivity index (χ1n) is 6.73. The minimum atomic E-state index is 0.173. The van der Waals surface area contributed by atoms with Gasteiger partial charge in [0.25, 0.3) is 0 Å². The molecule has 1 rings (SSSR count). The molecule has 0 aromatic heterocycles. The second-order valence-electron chi connectivity index (χ2n) is 5.05. The van der Waals surface area contributed by atoms with E-state index < -0.39 is 0 Å². The van der Waals surface area contributed by atoms with Gasteiger partial charge < -0.3 is 0 Å². The lowest BCUT2D eigenvalue weighted by atomic mass is 10.00. The van der Waals surface area contributed by atoms with Crippen molar-refractivity contribution in [2.45, 2.75) is 65.0 Å². The van der Waals surface area contributed by atoms with E-state index in [-0.39, 0.29) is 4.75 Å². The monoisotopic (exact) mass is 264 g/mol. The fourth-order valence-electron chi connectivity index (χ4n) is 1.65. The molecule has 102 valence electrons. The number of hydrogen-bond acceptors (Lipinski definition) is 1. The highest BCUT2D eigenvalue weighted by Crippen LogP contribution is 2.39. The largest absolute Gasteiger partial charge is 0.115 e. The van der Waals surface area contributed by atoms with E-state index in [1.807, 2.05) is 25.6 Å². The summed E-state index contributed by atoms with van der Waals surface area (Å²) in [7, 11) is 0. The predicted octanol–water partition coefficient (Wildman–Crippen LogP) is 6.25. The molecule has 0 aliphatic rings. The highest BCUT2D eigenvalue weighted by Gasteiger charge is 2.22. The van der Waals surface area contributed by atoms with Crippen molar-refractivity contribution in [3.8, 4) is 0 Å². The lowest BCUT2D eigenvalue weighted by Crippen LogP contribution is -2.17. The smallest absolute Gasteiger partial charge is 0.0358 e. The summed E-state index contributed by atoms with van der Waals surface area (Å²) in [5, 5.41) is 0. The third-order valence-corrected chi connectivity index (χ3v) is 4.32. The second-order valence-corrected chi connectivity index (χ2v) is 6.75. The Bertz CT molecular complexity index is 396. The highest BCUT2D eigenvalue weighted by atomic mass is 32.2. The van der Waals surface area contributed by atoms with Crippen LogP contribution in [0.15, 0.2) is 40.3 Å². The summed E-state index contributed by atoms with van der Waals surface area (Å²) in [6, 6.07) is 8.72. The van der Waals surface area contributed by atoms with Crippen LogP contribution in [-0.2, 0) is 0 Å². The maximum atomic E-state index is 2.29. The summed E-state index contributed by atoms with van der Waals surface area (Å²) in [6.45, 7) is 17.3. The van der Waals surface area contributed by atoms with Crippen LogP contribution in [0, 0.1) is 6.92 Å². The van der Waals surface area contributed by atoms with E-state index in [4.69, 9.17) is 0 Å². The molecular weight excluding hydrogens is 236 g/mol. The lowest BCUT2D eigenvalue weighted by molar-refractivity contribution is 0.816. The molecule has 0 unspecified atom stereocenters. The maximum absolute atomic E-state index is 2.29. The molecular formula is C17H28S. The van der Waals surface area contributed by atoms with Crippen molar-refractivity contribution in [1.82, 2.24) is 0 Å². The van der Waals surface area contributed by atoms with Crippen LogP contribution in [0.4, 0.5) is 0 Å². The van der Waals surface area contributed by atoms with Crippen LogP contribution in [0.5, 0.6) is 0 Å². The Balaban J connectivity index is 0.00000137. The van der Waals surface area contributed by atoms with Crippen molar-refractivity contribution in [3.63, 3.8) is 0 Å². The molecule has 1 heteroatoms. The summed E-state index contributed by atoms with van der Waals surface area (Å²) in [5.74, 6) is 0. The molecule has 0 N–H and O–H groups in total. The Morgan fingerprint density at radius 1 is 1.06 bits per heavy atom. The Labute approximate surface area is 118 Å². The van der Waals surface area contributed by atoms with Crippen molar-refractivity contribution >= 4 is 11.8 Å². The minimum absolute atomic E-state index is 0.173.